The highest BCUT2D eigenvalue weighted by Gasteiger charge is 2.49. The highest BCUT2D eigenvalue weighted by atomic mass is 28.4. The van der Waals surface area contributed by atoms with Crippen LogP contribution in [-0.4, -0.2) is 38.3 Å². The Bertz CT molecular complexity index is 481. The zero-order valence-electron chi connectivity index (χ0n) is 18.8. The lowest BCUT2D eigenvalue weighted by atomic mass is 9.91. The summed E-state index contributed by atoms with van der Waals surface area (Å²) in [5.41, 5.74) is 0. The molecule has 1 unspecified atom stereocenters. The van der Waals surface area contributed by atoms with E-state index in [0.29, 0.717) is 17.9 Å². The van der Waals surface area contributed by atoms with E-state index in [2.05, 4.69) is 53.8 Å². The average molecular weight is 397 g/mol. The van der Waals surface area contributed by atoms with E-state index in [0.717, 1.165) is 38.2 Å². The van der Waals surface area contributed by atoms with E-state index in [9.17, 15) is 5.11 Å². The summed E-state index contributed by atoms with van der Waals surface area (Å²) in [6, 6.07) is 0. The minimum absolute atomic E-state index is 0.218. The van der Waals surface area contributed by atoms with Gasteiger partial charge in [-0.15, -0.1) is 0 Å². The van der Waals surface area contributed by atoms with Gasteiger partial charge in [-0.3, -0.25) is 0 Å². The number of unbranched alkanes of at least 4 members (excludes halogenated alkanes) is 1. The van der Waals surface area contributed by atoms with Crippen molar-refractivity contribution in [3.63, 3.8) is 0 Å². The Labute approximate surface area is 169 Å². The maximum atomic E-state index is 10.4. The topological polar surface area (TPSA) is 38.7 Å². The fraction of sp³-hybridized carbons (Fsp3) is 0.913. The Morgan fingerprint density at radius 3 is 2.48 bits per heavy atom. The van der Waals surface area contributed by atoms with Crippen LogP contribution >= 0.6 is 0 Å². The minimum atomic E-state index is -1.80. The van der Waals surface area contributed by atoms with Gasteiger partial charge in [0.25, 0.3) is 0 Å². The van der Waals surface area contributed by atoms with Gasteiger partial charge in [0.2, 0.25) is 0 Å². The van der Waals surface area contributed by atoms with Crippen molar-refractivity contribution in [3.8, 4) is 0 Å². The maximum absolute atomic E-state index is 10.4. The van der Waals surface area contributed by atoms with E-state index < -0.39 is 8.32 Å². The molecule has 2 aliphatic rings. The molecule has 158 valence electrons. The van der Waals surface area contributed by atoms with Gasteiger partial charge in [-0.2, -0.15) is 0 Å². The van der Waals surface area contributed by atoms with E-state index >= 15 is 0 Å². The van der Waals surface area contributed by atoms with Crippen molar-refractivity contribution >= 4 is 8.32 Å². The zero-order chi connectivity index (χ0) is 20.2. The van der Waals surface area contributed by atoms with E-state index in [4.69, 9.17) is 9.16 Å². The average Bonchev–Trinajstić information content (AvgIpc) is 3.09. The molecule has 0 aromatic heterocycles. The second kappa shape index (κ2) is 9.56. The molecule has 3 nitrogen and oxygen atoms in total. The van der Waals surface area contributed by atoms with Crippen molar-refractivity contribution in [2.75, 3.05) is 6.61 Å². The molecule has 5 atom stereocenters. The second-order valence-electron chi connectivity index (χ2n) is 10.7. The van der Waals surface area contributed by atoms with Gasteiger partial charge in [0.1, 0.15) is 0 Å². The standard InChI is InChI=1S/C23H44O3Si/c1-17(2)10-8-9-11-18(24)12-13-19-20-14-15-25-21(20)16-22(19)26-27(6,7)23(3,4)5/h12-13,17-22,24H,8-11,14-16H2,1-7H3/b13-12+/t18-,19+,20+,21-,22?/m0/s1. The first-order valence-corrected chi connectivity index (χ1v) is 14.1. The first-order chi connectivity index (χ1) is 12.5. The fourth-order valence-electron chi connectivity index (χ4n) is 4.22. The molecule has 1 saturated heterocycles. The SMILES string of the molecule is CC(C)CCCC[C@H](O)/C=C/[C@H]1C(O[Si](C)(C)C(C)(C)C)C[C@@H]2OCC[C@@H]21. The predicted octanol–water partition coefficient (Wildman–Crippen LogP) is 5.94. The number of aliphatic hydroxyl groups excluding tert-OH is 1. The normalized spacial score (nSPS) is 30.4. The Hall–Kier alpha value is -0.163. The summed E-state index contributed by atoms with van der Waals surface area (Å²) in [4.78, 5) is 0. The molecule has 0 aromatic rings. The summed E-state index contributed by atoms with van der Waals surface area (Å²) in [6.07, 6.45) is 11.1. The van der Waals surface area contributed by atoms with Gasteiger partial charge in [-0.05, 0) is 49.2 Å². The van der Waals surface area contributed by atoms with Crippen LogP contribution in [0.15, 0.2) is 12.2 Å². The van der Waals surface area contributed by atoms with Gasteiger partial charge in [0, 0.05) is 12.5 Å². The summed E-state index contributed by atoms with van der Waals surface area (Å²) >= 11 is 0. The summed E-state index contributed by atoms with van der Waals surface area (Å²) < 4.78 is 12.8. The number of rotatable bonds is 9. The van der Waals surface area contributed by atoms with Gasteiger partial charge < -0.3 is 14.3 Å². The largest absolute Gasteiger partial charge is 0.413 e. The lowest BCUT2D eigenvalue weighted by molar-refractivity contribution is 0.0833. The molecule has 0 spiro atoms. The molecule has 2 fully saturated rings. The maximum Gasteiger partial charge on any atom is 0.192 e. The number of ether oxygens (including phenoxy) is 1. The number of hydrogen-bond donors (Lipinski definition) is 1. The molecule has 4 heteroatoms. The van der Waals surface area contributed by atoms with Crippen LogP contribution in [0.25, 0.3) is 0 Å². The molecule has 2 rings (SSSR count). The molecule has 1 saturated carbocycles. The van der Waals surface area contributed by atoms with Crippen molar-refractivity contribution in [3.05, 3.63) is 12.2 Å². The fourth-order valence-corrected chi connectivity index (χ4v) is 5.58. The minimum Gasteiger partial charge on any atom is -0.413 e. The van der Waals surface area contributed by atoms with Gasteiger partial charge in [0.05, 0.1) is 18.3 Å². The molecular formula is C23H44O3Si. The molecule has 0 aromatic carbocycles. The number of hydrogen-bond acceptors (Lipinski definition) is 3. The van der Waals surface area contributed by atoms with Crippen LogP contribution in [-0.2, 0) is 9.16 Å². The quantitative estimate of drug-likeness (QED) is 0.298. The molecule has 27 heavy (non-hydrogen) atoms. The van der Waals surface area contributed by atoms with Crippen LogP contribution in [0, 0.1) is 17.8 Å². The summed E-state index contributed by atoms with van der Waals surface area (Å²) in [5.74, 6) is 1.70. The third-order valence-corrected chi connectivity index (χ3v) is 11.5. The molecule has 1 heterocycles. The van der Waals surface area contributed by atoms with Crippen molar-refractivity contribution in [1.29, 1.82) is 0 Å². The highest BCUT2D eigenvalue weighted by molar-refractivity contribution is 6.74. The molecule has 0 radical (unpaired) electrons. The molecular weight excluding hydrogens is 352 g/mol. The number of fused-ring (bicyclic) bond motifs is 1. The van der Waals surface area contributed by atoms with Gasteiger partial charge in [-0.25, -0.2) is 0 Å². The van der Waals surface area contributed by atoms with Gasteiger partial charge in [-0.1, -0.05) is 66.0 Å². The lowest BCUT2D eigenvalue weighted by Gasteiger charge is -2.40. The van der Waals surface area contributed by atoms with E-state index in [1.54, 1.807) is 0 Å². The molecule has 1 N–H and O–H groups in total. The van der Waals surface area contributed by atoms with Crippen LogP contribution in [0.4, 0.5) is 0 Å². The van der Waals surface area contributed by atoms with Crippen molar-refractivity contribution in [2.45, 2.75) is 110 Å². The van der Waals surface area contributed by atoms with Gasteiger partial charge in [0.15, 0.2) is 8.32 Å². The third-order valence-electron chi connectivity index (χ3n) is 6.99. The van der Waals surface area contributed by atoms with Crippen molar-refractivity contribution < 1.29 is 14.3 Å². The lowest BCUT2D eigenvalue weighted by Crippen LogP contribution is -2.45. The first kappa shape index (κ1) is 23.1. The van der Waals surface area contributed by atoms with Crippen LogP contribution in [0.3, 0.4) is 0 Å². The van der Waals surface area contributed by atoms with Crippen molar-refractivity contribution in [1.82, 2.24) is 0 Å². The van der Waals surface area contributed by atoms with Crippen LogP contribution < -0.4 is 0 Å². The van der Waals surface area contributed by atoms with Crippen LogP contribution in [0.1, 0.15) is 73.1 Å². The zero-order valence-corrected chi connectivity index (χ0v) is 19.8. The third kappa shape index (κ3) is 6.42. The Morgan fingerprint density at radius 1 is 1.19 bits per heavy atom. The molecule has 0 bridgehead atoms. The van der Waals surface area contributed by atoms with Crippen molar-refractivity contribution in [2.24, 2.45) is 17.8 Å². The van der Waals surface area contributed by atoms with Gasteiger partial charge >= 0.3 is 0 Å². The smallest absolute Gasteiger partial charge is 0.192 e. The van der Waals surface area contributed by atoms with E-state index in [1.807, 2.05) is 6.08 Å². The Balaban J connectivity index is 1.96. The number of aliphatic hydroxyl groups is 1. The Morgan fingerprint density at radius 2 is 1.85 bits per heavy atom. The highest BCUT2D eigenvalue weighted by Crippen LogP contribution is 2.46. The van der Waals surface area contributed by atoms with E-state index in [1.165, 1.54) is 12.8 Å². The predicted molar refractivity (Wildman–Crippen MR) is 116 cm³/mol. The molecule has 1 aliphatic heterocycles. The Kier molecular flexibility index (Phi) is 8.18. The van der Waals surface area contributed by atoms with Crippen LogP contribution in [0.2, 0.25) is 18.1 Å². The monoisotopic (exact) mass is 396 g/mol. The molecule has 1 aliphatic carbocycles. The summed E-state index contributed by atoms with van der Waals surface area (Å²) in [6.45, 7) is 17.0. The van der Waals surface area contributed by atoms with Crippen LogP contribution in [0.5, 0.6) is 0 Å². The first-order valence-electron chi connectivity index (χ1n) is 11.2. The summed E-state index contributed by atoms with van der Waals surface area (Å²) in [7, 11) is -1.80. The second-order valence-corrected chi connectivity index (χ2v) is 15.5. The van der Waals surface area contributed by atoms with E-state index in [-0.39, 0.29) is 17.2 Å². The molecule has 0 amide bonds. The summed E-state index contributed by atoms with van der Waals surface area (Å²) in [5, 5.41) is 10.6.